The van der Waals surface area contributed by atoms with Gasteiger partial charge in [-0.3, -0.25) is 0 Å². The molecule has 5 nitrogen and oxygen atoms in total. The summed E-state index contributed by atoms with van der Waals surface area (Å²) in [5, 5.41) is 5.70. The number of hydrogen-bond donors (Lipinski definition) is 2. The SMILES string of the molecule is CCCCNC(=O)NCc1ccc(N2CCC(C)CC2)nc1. The second-order valence-electron chi connectivity index (χ2n) is 6.16. The van der Waals surface area contributed by atoms with Gasteiger partial charge in [-0.05, 0) is 36.8 Å². The fourth-order valence-electron chi connectivity index (χ4n) is 2.57. The maximum atomic E-state index is 11.6. The van der Waals surface area contributed by atoms with Gasteiger partial charge in [0.25, 0.3) is 0 Å². The summed E-state index contributed by atoms with van der Waals surface area (Å²) in [6.07, 6.45) is 6.44. The molecule has 2 heterocycles. The van der Waals surface area contributed by atoms with Crippen LogP contribution in [0.4, 0.5) is 10.6 Å². The molecule has 2 N–H and O–H groups in total. The Kier molecular flexibility index (Phi) is 6.49. The second kappa shape index (κ2) is 8.61. The average Bonchev–Trinajstić information content (AvgIpc) is 2.54. The number of aromatic nitrogens is 1. The van der Waals surface area contributed by atoms with Gasteiger partial charge in [0, 0.05) is 32.4 Å². The Hall–Kier alpha value is -1.78. The Morgan fingerprint density at radius 1 is 1.32 bits per heavy atom. The Morgan fingerprint density at radius 3 is 2.73 bits per heavy atom. The zero-order valence-corrected chi connectivity index (χ0v) is 13.8. The highest BCUT2D eigenvalue weighted by atomic mass is 16.2. The van der Waals surface area contributed by atoms with Crippen LogP contribution in [0.1, 0.15) is 45.1 Å². The van der Waals surface area contributed by atoms with Crippen molar-refractivity contribution in [2.45, 2.75) is 46.1 Å². The van der Waals surface area contributed by atoms with E-state index >= 15 is 0 Å². The van der Waals surface area contributed by atoms with Gasteiger partial charge in [0.1, 0.15) is 5.82 Å². The molecular formula is C17H28N4O. The normalized spacial score (nSPS) is 15.6. The van der Waals surface area contributed by atoms with Gasteiger partial charge < -0.3 is 15.5 Å². The number of pyridine rings is 1. The van der Waals surface area contributed by atoms with Crippen molar-refractivity contribution in [3.05, 3.63) is 23.9 Å². The highest BCUT2D eigenvalue weighted by molar-refractivity contribution is 5.73. The lowest BCUT2D eigenvalue weighted by atomic mass is 9.99. The number of piperidine rings is 1. The molecule has 0 atom stereocenters. The number of nitrogens with zero attached hydrogens (tertiary/aromatic N) is 2. The van der Waals surface area contributed by atoms with E-state index in [9.17, 15) is 4.79 Å². The average molecular weight is 304 g/mol. The molecule has 122 valence electrons. The van der Waals surface area contributed by atoms with Crippen LogP contribution in [0.3, 0.4) is 0 Å². The summed E-state index contributed by atoms with van der Waals surface area (Å²) in [6, 6.07) is 4.00. The number of unbranched alkanes of at least 4 members (excludes halogenated alkanes) is 1. The highest BCUT2D eigenvalue weighted by Gasteiger charge is 2.16. The van der Waals surface area contributed by atoms with Crippen molar-refractivity contribution in [2.24, 2.45) is 5.92 Å². The van der Waals surface area contributed by atoms with E-state index in [-0.39, 0.29) is 6.03 Å². The summed E-state index contributed by atoms with van der Waals surface area (Å²) in [5.41, 5.74) is 1.03. The van der Waals surface area contributed by atoms with Crippen molar-refractivity contribution in [1.82, 2.24) is 15.6 Å². The monoisotopic (exact) mass is 304 g/mol. The third-order valence-electron chi connectivity index (χ3n) is 4.19. The number of urea groups is 1. The molecule has 5 heteroatoms. The Labute approximate surface area is 133 Å². The van der Waals surface area contributed by atoms with E-state index in [1.807, 2.05) is 12.3 Å². The molecule has 1 saturated heterocycles. The maximum absolute atomic E-state index is 11.6. The Bertz CT molecular complexity index is 452. The first-order valence-corrected chi connectivity index (χ1v) is 8.40. The third-order valence-corrected chi connectivity index (χ3v) is 4.19. The topological polar surface area (TPSA) is 57.3 Å². The highest BCUT2D eigenvalue weighted by Crippen LogP contribution is 2.21. The molecule has 0 aliphatic carbocycles. The van der Waals surface area contributed by atoms with E-state index in [1.54, 1.807) is 0 Å². The number of carbonyl (C=O) groups is 1. The van der Waals surface area contributed by atoms with Gasteiger partial charge in [0.15, 0.2) is 0 Å². The van der Waals surface area contributed by atoms with Gasteiger partial charge in [-0.2, -0.15) is 0 Å². The molecule has 0 spiro atoms. The molecule has 2 amide bonds. The number of carbonyl (C=O) groups excluding carboxylic acids is 1. The minimum atomic E-state index is -0.109. The third kappa shape index (κ3) is 5.20. The van der Waals surface area contributed by atoms with Crippen molar-refractivity contribution >= 4 is 11.8 Å². The number of nitrogens with one attached hydrogen (secondary N) is 2. The van der Waals surface area contributed by atoms with E-state index in [4.69, 9.17) is 0 Å². The lowest BCUT2D eigenvalue weighted by Crippen LogP contribution is -2.35. The minimum absolute atomic E-state index is 0.109. The van der Waals surface area contributed by atoms with Crippen LogP contribution >= 0.6 is 0 Å². The Balaban J connectivity index is 1.76. The minimum Gasteiger partial charge on any atom is -0.357 e. The summed E-state index contributed by atoms with van der Waals surface area (Å²) in [5.74, 6) is 1.87. The number of hydrogen-bond acceptors (Lipinski definition) is 3. The van der Waals surface area contributed by atoms with Crippen LogP contribution in [-0.4, -0.2) is 30.6 Å². The number of amides is 2. The lowest BCUT2D eigenvalue weighted by molar-refractivity contribution is 0.240. The molecule has 1 fully saturated rings. The van der Waals surface area contributed by atoms with E-state index in [2.05, 4.69) is 40.4 Å². The zero-order chi connectivity index (χ0) is 15.8. The smallest absolute Gasteiger partial charge is 0.315 e. The molecule has 22 heavy (non-hydrogen) atoms. The second-order valence-corrected chi connectivity index (χ2v) is 6.16. The van der Waals surface area contributed by atoms with Gasteiger partial charge in [-0.15, -0.1) is 0 Å². The van der Waals surface area contributed by atoms with Gasteiger partial charge >= 0.3 is 6.03 Å². The van der Waals surface area contributed by atoms with Gasteiger partial charge in [0.2, 0.25) is 0 Å². The predicted molar refractivity (Wildman–Crippen MR) is 90.0 cm³/mol. The fraction of sp³-hybridized carbons (Fsp3) is 0.647. The van der Waals surface area contributed by atoms with Crippen molar-refractivity contribution in [2.75, 3.05) is 24.5 Å². The van der Waals surface area contributed by atoms with E-state index in [1.165, 1.54) is 12.8 Å². The van der Waals surface area contributed by atoms with Crippen molar-refractivity contribution in [1.29, 1.82) is 0 Å². The fourth-order valence-corrected chi connectivity index (χ4v) is 2.57. The van der Waals surface area contributed by atoms with E-state index < -0.39 is 0 Å². The van der Waals surface area contributed by atoms with Crippen LogP contribution < -0.4 is 15.5 Å². The van der Waals surface area contributed by atoms with Gasteiger partial charge in [0.05, 0.1) is 0 Å². The molecule has 1 aliphatic rings. The first-order chi connectivity index (χ1) is 10.7. The molecule has 0 bridgehead atoms. The predicted octanol–water partition coefficient (Wildman–Crippen LogP) is 2.92. The molecule has 2 rings (SSSR count). The molecule has 1 aromatic heterocycles. The summed E-state index contributed by atoms with van der Waals surface area (Å²) in [6.45, 7) is 7.84. The van der Waals surface area contributed by atoms with Crippen LogP contribution in [-0.2, 0) is 6.54 Å². The summed E-state index contributed by atoms with van der Waals surface area (Å²) < 4.78 is 0. The van der Waals surface area contributed by atoms with Gasteiger partial charge in [-0.1, -0.05) is 26.3 Å². The lowest BCUT2D eigenvalue weighted by Gasteiger charge is -2.31. The van der Waals surface area contributed by atoms with E-state index in [0.717, 1.165) is 49.8 Å². The first kappa shape index (κ1) is 16.6. The molecule has 1 aromatic rings. The van der Waals surface area contributed by atoms with Crippen LogP contribution in [0.2, 0.25) is 0 Å². The van der Waals surface area contributed by atoms with Gasteiger partial charge in [-0.25, -0.2) is 9.78 Å². The molecule has 0 radical (unpaired) electrons. The van der Waals surface area contributed by atoms with Crippen LogP contribution in [0.15, 0.2) is 18.3 Å². The zero-order valence-electron chi connectivity index (χ0n) is 13.8. The Morgan fingerprint density at radius 2 is 2.09 bits per heavy atom. The molecular weight excluding hydrogens is 276 g/mol. The summed E-state index contributed by atoms with van der Waals surface area (Å²) >= 11 is 0. The molecule has 0 saturated carbocycles. The standard InChI is InChI=1S/C17H28N4O/c1-3-4-9-18-17(22)20-13-15-5-6-16(19-12-15)21-10-7-14(2)8-11-21/h5-6,12,14H,3-4,7-11,13H2,1-2H3,(H2,18,20,22). The van der Waals surface area contributed by atoms with Crippen LogP contribution in [0.25, 0.3) is 0 Å². The van der Waals surface area contributed by atoms with Crippen molar-refractivity contribution < 1.29 is 4.79 Å². The quantitative estimate of drug-likeness (QED) is 0.795. The van der Waals surface area contributed by atoms with Crippen LogP contribution in [0.5, 0.6) is 0 Å². The summed E-state index contributed by atoms with van der Waals surface area (Å²) in [4.78, 5) is 18.5. The van der Waals surface area contributed by atoms with E-state index in [0.29, 0.717) is 6.54 Å². The molecule has 0 unspecified atom stereocenters. The molecule has 0 aromatic carbocycles. The first-order valence-electron chi connectivity index (χ1n) is 8.40. The largest absolute Gasteiger partial charge is 0.357 e. The van der Waals surface area contributed by atoms with Crippen LogP contribution in [0, 0.1) is 5.92 Å². The van der Waals surface area contributed by atoms with Crippen molar-refractivity contribution in [3.63, 3.8) is 0 Å². The maximum Gasteiger partial charge on any atom is 0.315 e. The number of rotatable bonds is 6. The number of anilines is 1. The molecule has 1 aliphatic heterocycles. The summed E-state index contributed by atoms with van der Waals surface area (Å²) in [7, 11) is 0. The van der Waals surface area contributed by atoms with Crippen molar-refractivity contribution in [3.8, 4) is 0 Å².